The number of hydrogen-bond acceptors (Lipinski definition) is 7. The van der Waals surface area contributed by atoms with Gasteiger partial charge in [0, 0.05) is 12.8 Å². The number of esters is 1. The molecule has 2 aromatic carbocycles. The Labute approximate surface area is 192 Å². The number of phenols is 2. The van der Waals surface area contributed by atoms with Crippen LogP contribution in [-0.4, -0.2) is 53.0 Å². The molecule has 4 N–H and O–H groups in total. The van der Waals surface area contributed by atoms with Gasteiger partial charge in [-0.2, -0.15) is 0 Å². The maximum atomic E-state index is 13.1. The Morgan fingerprint density at radius 1 is 0.818 bits per heavy atom. The van der Waals surface area contributed by atoms with Crippen LogP contribution in [0.4, 0.5) is 4.79 Å². The van der Waals surface area contributed by atoms with Crippen LogP contribution in [0.5, 0.6) is 11.5 Å². The van der Waals surface area contributed by atoms with Crippen LogP contribution in [-0.2, 0) is 31.9 Å². The lowest BCUT2D eigenvalue weighted by Crippen LogP contribution is -2.53. The summed E-state index contributed by atoms with van der Waals surface area (Å²) >= 11 is 0. The van der Waals surface area contributed by atoms with Crippen molar-refractivity contribution in [2.45, 2.75) is 51.3 Å². The van der Waals surface area contributed by atoms with Gasteiger partial charge in [0.2, 0.25) is 5.91 Å². The Morgan fingerprint density at radius 2 is 1.27 bits per heavy atom. The van der Waals surface area contributed by atoms with E-state index in [0.29, 0.717) is 11.1 Å². The summed E-state index contributed by atoms with van der Waals surface area (Å²) in [7, 11) is 1.21. The largest absolute Gasteiger partial charge is 0.508 e. The third-order valence-electron chi connectivity index (χ3n) is 4.56. The van der Waals surface area contributed by atoms with E-state index in [1.807, 2.05) is 0 Å². The van der Waals surface area contributed by atoms with Crippen molar-refractivity contribution in [3.05, 3.63) is 59.7 Å². The van der Waals surface area contributed by atoms with Gasteiger partial charge in [0.15, 0.2) is 0 Å². The fraction of sp³-hybridized carbons (Fsp3) is 0.375. The molecule has 2 aromatic rings. The Bertz CT molecular complexity index is 950. The molecule has 0 aliphatic carbocycles. The van der Waals surface area contributed by atoms with E-state index < -0.39 is 35.7 Å². The van der Waals surface area contributed by atoms with Crippen LogP contribution in [0.3, 0.4) is 0 Å². The SMILES string of the molecule is COC(=O)[C@H](Cc1ccc(O)cc1)NC(=O)[C@@H](Cc1ccc(O)cc1)NC(=O)OC(C)(C)C. The van der Waals surface area contributed by atoms with Gasteiger partial charge in [-0.1, -0.05) is 24.3 Å². The molecule has 0 aliphatic rings. The number of rotatable bonds is 8. The van der Waals surface area contributed by atoms with Crippen LogP contribution in [0.15, 0.2) is 48.5 Å². The van der Waals surface area contributed by atoms with Gasteiger partial charge in [0.1, 0.15) is 29.2 Å². The quantitative estimate of drug-likeness (QED) is 0.446. The molecule has 0 saturated heterocycles. The van der Waals surface area contributed by atoms with Crippen LogP contribution in [0, 0.1) is 0 Å². The summed E-state index contributed by atoms with van der Waals surface area (Å²) in [4.78, 5) is 37.8. The second kappa shape index (κ2) is 11.2. The summed E-state index contributed by atoms with van der Waals surface area (Å²) in [5, 5.41) is 24.1. The predicted molar refractivity (Wildman–Crippen MR) is 121 cm³/mol. The lowest BCUT2D eigenvalue weighted by atomic mass is 10.0. The number of phenolic OH excluding ortho intramolecular Hbond substituents is 2. The summed E-state index contributed by atoms with van der Waals surface area (Å²) in [5.41, 5.74) is 0.604. The smallest absolute Gasteiger partial charge is 0.408 e. The minimum atomic E-state index is -1.06. The second-order valence-corrected chi connectivity index (χ2v) is 8.52. The third kappa shape index (κ3) is 8.72. The maximum Gasteiger partial charge on any atom is 0.408 e. The van der Waals surface area contributed by atoms with E-state index in [-0.39, 0.29) is 24.3 Å². The standard InChI is InChI=1S/C24H30N2O7/c1-24(2,3)33-23(31)26-19(13-15-5-9-17(27)10-6-15)21(29)25-20(22(30)32-4)14-16-7-11-18(28)12-8-16/h5-12,19-20,27-28H,13-14H2,1-4H3,(H,25,29)(H,26,31)/t19-,20+/m1/s1. The van der Waals surface area contributed by atoms with Gasteiger partial charge in [0.25, 0.3) is 0 Å². The summed E-state index contributed by atoms with van der Waals surface area (Å²) in [6, 6.07) is 10.3. The molecule has 2 atom stereocenters. The van der Waals surface area contributed by atoms with Crippen molar-refractivity contribution < 1.29 is 34.1 Å². The van der Waals surface area contributed by atoms with Crippen molar-refractivity contribution in [2.75, 3.05) is 7.11 Å². The number of nitrogens with one attached hydrogen (secondary N) is 2. The molecule has 0 aliphatic heterocycles. The number of ether oxygens (including phenoxy) is 2. The van der Waals surface area contributed by atoms with E-state index in [9.17, 15) is 24.6 Å². The highest BCUT2D eigenvalue weighted by Gasteiger charge is 2.29. The first-order valence-corrected chi connectivity index (χ1v) is 10.4. The number of amides is 2. The molecule has 9 nitrogen and oxygen atoms in total. The molecule has 0 radical (unpaired) electrons. The first-order valence-electron chi connectivity index (χ1n) is 10.4. The van der Waals surface area contributed by atoms with E-state index in [4.69, 9.17) is 9.47 Å². The van der Waals surface area contributed by atoms with Crippen molar-refractivity contribution in [1.82, 2.24) is 10.6 Å². The van der Waals surface area contributed by atoms with Gasteiger partial charge in [-0.3, -0.25) is 4.79 Å². The Morgan fingerprint density at radius 3 is 1.70 bits per heavy atom. The topological polar surface area (TPSA) is 134 Å². The van der Waals surface area contributed by atoms with Crippen molar-refractivity contribution in [1.29, 1.82) is 0 Å². The van der Waals surface area contributed by atoms with E-state index >= 15 is 0 Å². The van der Waals surface area contributed by atoms with Gasteiger partial charge >= 0.3 is 12.1 Å². The van der Waals surface area contributed by atoms with Crippen molar-refractivity contribution in [2.24, 2.45) is 0 Å². The van der Waals surface area contributed by atoms with Gasteiger partial charge in [0.05, 0.1) is 7.11 Å². The van der Waals surface area contributed by atoms with Crippen molar-refractivity contribution >= 4 is 18.0 Å². The van der Waals surface area contributed by atoms with Crippen molar-refractivity contribution in [3.8, 4) is 11.5 Å². The molecule has 0 unspecified atom stereocenters. The average molecular weight is 459 g/mol. The molecule has 0 fully saturated rings. The predicted octanol–water partition coefficient (Wildman–Crippen LogP) is 2.43. The molecule has 0 heterocycles. The molecule has 2 rings (SSSR count). The molecule has 2 amide bonds. The highest BCUT2D eigenvalue weighted by atomic mass is 16.6. The lowest BCUT2D eigenvalue weighted by molar-refractivity contribution is -0.145. The average Bonchev–Trinajstić information content (AvgIpc) is 2.73. The van der Waals surface area contributed by atoms with Crippen LogP contribution in [0.25, 0.3) is 0 Å². The number of carbonyl (C=O) groups excluding carboxylic acids is 3. The number of aromatic hydroxyl groups is 2. The second-order valence-electron chi connectivity index (χ2n) is 8.52. The Balaban J connectivity index is 2.21. The normalized spacial score (nSPS) is 12.8. The van der Waals surface area contributed by atoms with E-state index in [0.717, 1.165) is 0 Å². The van der Waals surface area contributed by atoms with E-state index in [1.54, 1.807) is 45.0 Å². The molecular weight excluding hydrogens is 428 g/mol. The molecular formula is C24H30N2O7. The first kappa shape index (κ1) is 25.5. The Hall–Kier alpha value is -3.75. The zero-order valence-corrected chi connectivity index (χ0v) is 19.1. The summed E-state index contributed by atoms with van der Waals surface area (Å²) in [6.45, 7) is 5.10. The molecule has 0 spiro atoms. The summed E-state index contributed by atoms with van der Waals surface area (Å²) in [6.07, 6.45) is -0.565. The van der Waals surface area contributed by atoms with E-state index in [2.05, 4.69) is 10.6 Å². The molecule has 0 saturated carbocycles. The zero-order valence-electron chi connectivity index (χ0n) is 19.1. The fourth-order valence-electron chi connectivity index (χ4n) is 3.00. The van der Waals surface area contributed by atoms with Crippen LogP contribution in [0.1, 0.15) is 31.9 Å². The highest BCUT2D eigenvalue weighted by Crippen LogP contribution is 2.14. The molecule has 0 bridgehead atoms. The Kier molecular flexibility index (Phi) is 8.67. The zero-order chi connectivity index (χ0) is 24.6. The van der Waals surface area contributed by atoms with Crippen LogP contribution < -0.4 is 10.6 Å². The minimum absolute atomic E-state index is 0.0690. The maximum absolute atomic E-state index is 13.1. The monoisotopic (exact) mass is 458 g/mol. The molecule has 0 aromatic heterocycles. The lowest BCUT2D eigenvalue weighted by Gasteiger charge is -2.25. The number of alkyl carbamates (subject to hydrolysis) is 1. The summed E-state index contributed by atoms with van der Waals surface area (Å²) in [5.74, 6) is -1.12. The number of carbonyl (C=O) groups is 3. The minimum Gasteiger partial charge on any atom is -0.508 e. The molecule has 178 valence electrons. The molecule has 9 heteroatoms. The number of hydrogen-bond donors (Lipinski definition) is 4. The summed E-state index contributed by atoms with van der Waals surface area (Å²) < 4.78 is 10.1. The van der Waals surface area contributed by atoms with E-state index in [1.165, 1.54) is 31.4 Å². The first-order chi connectivity index (χ1) is 15.5. The van der Waals surface area contributed by atoms with Gasteiger partial charge < -0.3 is 30.3 Å². The molecule has 33 heavy (non-hydrogen) atoms. The van der Waals surface area contributed by atoms with Crippen molar-refractivity contribution in [3.63, 3.8) is 0 Å². The van der Waals surface area contributed by atoms with Gasteiger partial charge in [-0.05, 0) is 56.2 Å². The van der Waals surface area contributed by atoms with Gasteiger partial charge in [-0.15, -0.1) is 0 Å². The highest BCUT2D eigenvalue weighted by molar-refractivity contribution is 5.90. The number of benzene rings is 2. The van der Waals surface area contributed by atoms with Gasteiger partial charge in [-0.25, -0.2) is 9.59 Å². The van der Waals surface area contributed by atoms with Crippen LogP contribution in [0.2, 0.25) is 0 Å². The number of methoxy groups -OCH3 is 1. The third-order valence-corrected chi connectivity index (χ3v) is 4.56. The van der Waals surface area contributed by atoms with Crippen LogP contribution >= 0.6 is 0 Å². The fourth-order valence-corrected chi connectivity index (χ4v) is 3.00.